The molecular formula is C12H15BrFNO. The van der Waals surface area contributed by atoms with Crippen molar-refractivity contribution in [3.05, 3.63) is 34.1 Å². The third-order valence-corrected chi connectivity index (χ3v) is 2.87. The number of unbranched alkanes of at least 4 members (excludes halogenated alkanes) is 2. The van der Waals surface area contributed by atoms with Crippen molar-refractivity contribution in [3.63, 3.8) is 0 Å². The van der Waals surface area contributed by atoms with Crippen LogP contribution in [0.4, 0.5) is 4.39 Å². The highest BCUT2D eigenvalue weighted by atomic mass is 79.9. The van der Waals surface area contributed by atoms with E-state index < -0.39 is 5.82 Å². The molecule has 0 aliphatic rings. The van der Waals surface area contributed by atoms with Gasteiger partial charge in [-0.3, -0.25) is 4.79 Å². The van der Waals surface area contributed by atoms with Crippen LogP contribution in [0.2, 0.25) is 0 Å². The van der Waals surface area contributed by atoms with Crippen molar-refractivity contribution in [2.75, 3.05) is 6.54 Å². The van der Waals surface area contributed by atoms with E-state index >= 15 is 0 Å². The number of amides is 1. The second kappa shape index (κ2) is 6.63. The van der Waals surface area contributed by atoms with Crippen LogP contribution in [-0.2, 0) is 0 Å². The van der Waals surface area contributed by atoms with Crippen molar-refractivity contribution in [3.8, 4) is 0 Å². The first kappa shape index (κ1) is 13.2. The average molecular weight is 288 g/mol. The van der Waals surface area contributed by atoms with Crippen LogP contribution < -0.4 is 5.32 Å². The van der Waals surface area contributed by atoms with E-state index in [1.165, 1.54) is 6.07 Å². The summed E-state index contributed by atoms with van der Waals surface area (Å²) in [6.07, 6.45) is 3.10. The molecular weight excluding hydrogens is 273 g/mol. The van der Waals surface area contributed by atoms with Crippen LogP contribution in [0.3, 0.4) is 0 Å². The first-order valence-electron chi connectivity index (χ1n) is 5.39. The Balaban J connectivity index is 2.56. The molecule has 0 atom stereocenters. The number of hydrogen-bond donors (Lipinski definition) is 1. The monoisotopic (exact) mass is 287 g/mol. The summed E-state index contributed by atoms with van der Waals surface area (Å²) in [5, 5.41) is 2.70. The molecule has 1 aromatic carbocycles. The van der Waals surface area contributed by atoms with Gasteiger partial charge in [0.05, 0.1) is 10.0 Å². The summed E-state index contributed by atoms with van der Waals surface area (Å²) in [4.78, 5) is 11.6. The lowest BCUT2D eigenvalue weighted by atomic mass is 10.2. The Hall–Kier alpha value is -0.900. The molecule has 4 heteroatoms. The summed E-state index contributed by atoms with van der Waals surface area (Å²) >= 11 is 3.05. The smallest absolute Gasteiger partial charge is 0.254 e. The molecule has 0 saturated heterocycles. The number of benzene rings is 1. The minimum Gasteiger partial charge on any atom is -0.352 e. The van der Waals surface area contributed by atoms with Gasteiger partial charge in [-0.05, 0) is 34.5 Å². The highest BCUT2D eigenvalue weighted by Gasteiger charge is 2.12. The maximum absolute atomic E-state index is 13.5. The molecule has 0 bridgehead atoms. The first-order valence-corrected chi connectivity index (χ1v) is 6.18. The van der Waals surface area contributed by atoms with E-state index in [4.69, 9.17) is 0 Å². The molecule has 0 fully saturated rings. The Bertz CT molecular complexity index is 368. The predicted octanol–water partition coefficient (Wildman–Crippen LogP) is 3.51. The van der Waals surface area contributed by atoms with E-state index in [-0.39, 0.29) is 11.5 Å². The van der Waals surface area contributed by atoms with Gasteiger partial charge in [0.1, 0.15) is 5.82 Å². The Kier molecular flexibility index (Phi) is 5.46. The van der Waals surface area contributed by atoms with Crippen molar-refractivity contribution in [1.29, 1.82) is 0 Å². The quantitative estimate of drug-likeness (QED) is 0.825. The number of nitrogens with one attached hydrogen (secondary N) is 1. The second-order valence-electron chi connectivity index (χ2n) is 3.56. The SMILES string of the molecule is CCCCCNC(=O)c1cccc(Br)c1F. The van der Waals surface area contributed by atoms with Gasteiger partial charge >= 0.3 is 0 Å². The Morgan fingerprint density at radius 1 is 1.44 bits per heavy atom. The van der Waals surface area contributed by atoms with Gasteiger partial charge in [-0.2, -0.15) is 0 Å². The molecule has 1 rings (SSSR count). The van der Waals surface area contributed by atoms with Crippen molar-refractivity contribution >= 4 is 21.8 Å². The Morgan fingerprint density at radius 2 is 2.19 bits per heavy atom. The van der Waals surface area contributed by atoms with E-state index in [1.54, 1.807) is 12.1 Å². The van der Waals surface area contributed by atoms with Crippen LogP contribution in [0.25, 0.3) is 0 Å². The zero-order chi connectivity index (χ0) is 12.0. The van der Waals surface area contributed by atoms with Crippen LogP contribution in [0.5, 0.6) is 0 Å². The van der Waals surface area contributed by atoms with E-state index in [0.717, 1.165) is 19.3 Å². The zero-order valence-electron chi connectivity index (χ0n) is 9.22. The number of rotatable bonds is 5. The molecule has 0 heterocycles. The summed E-state index contributed by atoms with van der Waals surface area (Å²) in [5.41, 5.74) is 0.0888. The maximum Gasteiger partial charge on any atom is 0.254 e. The van der Waals surface area contributed by atoms with Gasteiger partial charge in [0, 0.05) is 6.54 Å². The molecule has 1 N–H and O–H groups in total. The van der Waals surface area contributed by atoms with Crippen molar-refractivity contribution in [1.82, 2.24) is 5.32 Å². The van der Waals surface area contributed by atoms with E-state index in [9.17, 15) is 9.18 Å². The van der Waals surface area contributed by atoms with Gasteiger partial charge in [-0.15, -0.1) is 0 Å². The van der Waals surface area contributed by atoms with Crippen LogP contribution in [0, 0.1) is 5.82 Å². The molecule has 0 aliphatic heterocycles. The highest BCUT2D eigenvalue weighted by molar-refractivity contribution is 9.10. The normalized spacial score (nSPS) is 10.2. The third-order valence-electron chi connectivity index (χ3n) is 2.26. The lowest BCUT2D eigenvalue weighted by Crippen LogP contribution is -2.25. The molecule has 0 radical (unpaired) electrons. The number of carbonyl (C=O) groups excluding carboxylic acids is 1. The molecule has 0 unspecified atom stereocenters. The molecule has 0 spiro atoms. The van der Waals surface area contributed by atoms with E-state index in [0.29, 0.717) is 11.0 Å². The van der Waals surface area contributed by atoms with Gasteiger partial charge in [-0.1, -0.05) is 25.8 Å². The standard InChI is InChI=1S/C12H15BrFNO/c1-2-3-4-8-15-12(16)9-6-5-7-10(13)11(9)14/h5-7H,2-4,8H2,1H3,(H,15,16). The van der Waals surface area contributed by atoms with Gasteiger partial charge in [0.2, 0.25) is 0 Å². The van der Waals surface area contributed by atoms with Crippen molar-refractivity contribution in [2.45, 2.75) is 26.2 Å². The molecule has 1 aromatic rings. The van der Waals surface area contributed by atoms with Gasteiger partial charge in [0.15, 0.2) is 0 Å². The lowest BCUT2D eigenvalue weighted by molar-refractivity contribution is 0.0949. The fourth-order valence-corrected chi connectivity index (χ4v) is 1.72. The van der Waals surface area contributed by atoms with Gasteiger partial charge in [-0.25, -0.2) is 4.39 Å². The molecule has 0 aromatic heterocycles. The lowest BCUT2D eigenvalue weighted by Gasteiger charge is -2.06. The fraction of sp³-hybridized carbons (Fsp3) is 0.417. The summed E-state index contributed by atoms with van der Waals surface area (Å²) < 4.78 is 13.8. The third kappa shape index (κ3) is 3.59. The maximum atomic E-state index is 13.5. The Labute approximate surface area is 103 Å². The minimum atomic E-state index is -0.504. The van der Waals surface area contributed by atoms with Crippen LogP contribution in [0.15, 0.2) is 22.7 Å². The highest BCUT2D eigenvalue weighted by Crippen LogP contribution is 2.18. The Morgan fingerprint density at radius 3 is 2.88 bits per heavy atom. The number of hydrogen-bond acceptors (Lipinski definition) is 1. The topological polar surface area (TPSA) is 29.1 Å². The summed E-state index contributed by atoms with van der Waals surface area (Å²) in [5.74, 6) is -0.856. The minimum absolute atomic E-state index is 0.0888. The fourth-order valence-electron chi connectivity index (χ4n) is 1.35. The van der Waals surface area contributed by atoms with Crippen LogP contribution in [0.1, 0.15) is 36.5 Å². The van der Waals surface area contributed by atoms with Gasteiger partial charge < -0.3 is 5.32 Å². The summed E-state index contributed by atoms with van der Waals surface area (Å²) in [6, 6.07) is 4.70. The molecule has 0 saturated carbocycles. The van der Waals surface area contributed by atoms with E-state index in [1.807, 2.05) is 0 Å². The molecule has 88 valence electrons. The van der Waals surface area contributed by atoms with Crippen LogP contribution in [-0.4, -0.2) is 12.5 Å². The average Bonchev–Trinajstić information content (AvgIpc) is 2.28. The van der Waals surface area contributed by atoms with Crippen molar-refractivity contribution in [2.24, 2.45) is 0 Å². The molecule has 1 amide bonds. The zero-order valence-corrected chi connectivity index (χ0v) is 10.8. The first-order chi connectivity index (χ1) is 7.66. The number of halogens is 2. The second-order valence-corrected chi connectivity index (χ2v) is 4.42. The summed E-state index contributed by atoms with van der Waals surface area (Å²) in [6.45, 7) is 2.69. The predicted molar refractivity (Wildman–Crippen MR) is 66.0 cm³/mol. The van der Waals surface area contributed by atoms with Crippen molar-refractivity contribution < 1.29 is 9.18 Å². The summed E-state index contributed by atoms with van der Waals surface area (Å²) in [7, 11) is 0. The van der Waals surface area contributed by atoms with Gasteiger partial charge in [0.25, 0.3) is 5.91 Å². The molecule has 16 heavy (non-hydrogen) atoms. The number of carbonyl (C=O) groups is 1. The van der Waals surface area contributed by atoms with E-state index in [2.05, 4.69) is 28.2 Å². The molecule has 0 aliphatic carbocycles. The van der Waals surface area contributed by atoms with Crippen LogP contribution >= 0.6 is 15.9 Å². The largest absolute Gasteiger partial charge is 0.352 e. The molecule has 2 nitrogen and oxygen atoms in total.